The highest BCUT2D eigenvalue weighted by Gasteiger charge is 2.27. The molecule has 0 spiro atoms. The summed E-state index contributed by atoms with van der Waals surface area (Å²) in [6, 6.07) is 6.24. The van der Waals surface area contributed by atoms with Crippen molar-refractivity contribution < 1.29 is 22.8 Å². The van der Waals surface area contributed by atoms with Crippen LogP contribution in [0.3, 0.4) is 0 Å². The van der Waals surface area contributed by atoms with E-state index < -0.39 is 10.0 Å². The second kappa shape index (κ2) is 10.0. The van der Waals surface area contributed by atoms with Crippen molar-refractivity contribution in [2.75, 3.05) is 45.9 Å². The van der Waals surface area contributed by atoms with Crippen molar-refractivity contribution in [3.63, 3.8) is 0 Å². The molecule has 162 valence electrons. The van der Waals surface area contributed by atoms with Crippen molar-refractivity contribution >= 4 is 15.9 Å². The number of morpholine rings is 1. The molecular formula is C21H34N3O4S+. The minimum absolute atomic E-state index is 0.0141. The zero-order valence-electron chi connectivity index (χ0n) is 17.5. The van der Waals surface area contributed by atoms with Gasteiger partial charge in [-0.15, -0.1) is 0 Å². The molecule has 1 aromatic carbocycles. The van der Waals surface area contributed by atoms with E-state index in [1.54, 1.807) is 12.1 Å². The number of carbonyl (C=O) groups excluding carboxylic acids is 1. The Morgan fingerprint density at radius 3 is 2.55 bits per heavy atom. The minimum Gasteiger partial charge on any atom is -0.365 e. The molecule has 2 aliphatic heterocycles. The van der Waals surface area contributed by atoms with E-state index >= 15 is 0 Å². The van der Waals surface area contributed by atoms with E-state index in [2.05, 4.69) is 19.2 Å². The number of rotatable bonds is 7. The largest absolute Gasteiger partial charge is 0.365 e. The molecule has 0 radical (unpaired) electrons. The Morgan fingerprint density at radius 1 is 1.21 bits per heavy atom. The average Bonchev–Trinajstić information content (AvgIpc) is 2.72. The lowest BCUT2D eigenvalue weighted by Crippen LogP contribution is -3.15. The first-order valence-electron chi connectivity index (χ1n) is 10.7. The van der Waals surface area contributed by atoms with Crippen molar-refractivity contribution in [1.82, 2.24) is 9.62 Å². The van der Waals surface area contributed by atoms with Gasteiger partial charge in [0.2, 0.25) is 10.0 Å². The van der Waals surface area contributed by atoms with Crippen LogP contribution in [-0.4, -0.2) is 70.6 Å². The Labute approximate surface area is 174 Å². The Balaban J connectivity index is 1.54. The van der Waals surface area contributed by atoms with Crippen LogP contribution in [-0.2, 0) is 14.8 Å². The Morgan fingerprint density at radius 2 is 1.90 bits per heavy atom. The molecular weight excluding hydrogens is 390 g/mol. The second-order valence-electron chi connectivity index (χ2n) is 8.49. The van der Waals surface area contributed by atoms with Gasteiger partial charge in [-0.25, -0.2) is 8.42 Å². The number of nitrogens with zero attached hydrogens (tertiary/aromatic N) is 1. The maximum atomic E-state index is 12.7. The fourth-order valence-electron chi connectivity index (χ4n) is 4.09. The summed E-state index contributed by atoms with van der Waals surface area (Å²) in [5, 5.41) is 2.93. The molecule has 0 aromatic heterocycles. The van der Waals surface area contributed by atoms with Gasteiger partial charge in [0.25, 0.3) is 5.91 Å². The molecule has 2 N–H and O–H groups in total. The number of nitrogens with one attached hydrogen (secondary N) is 2. The van der Waals surface area contributed by atoms with Crippen molar-refractivity contribution in [2.24, 2.45) is 5.92 Å². The monoisotopic (exact) mass is 424 g/mol. The van der Waals surface area contributed by atoms with Crippen LogP contribution in [0.25, 0.3) is 0 Å². The number of hydrogen-bond donors (Lipinski definition) is 2. The fourth-order valence-corrected chi connectivity index (χ4v) is 5.61. The summed E-state index contributed by atoms with van der Waals surface area (Å²) >= 11 is 0. The van der Waals surface area contributed by atoms with Crippen LogP contribution in [0, 0.1) is 5.92 Å². The molecule has 0 bridgehead atoms. The highest BCUT2D eigenvalue weighted by atomic mass is 32.2. The predicted molar refractivity (Wildman–Crippen MR) is 112 cm³/mol. The van der Waals surface area contributed by atoms with Gasteiger partial charge in [0, 0.05) is 31.1 Å². The average molecular weight is 425 g/mol. The highest BCUT2D eigenvalue weighted by molar-refractivity contribution is 7.89. The van der Waals surface area contributed by atoms with Crippen molar-refractivity contribution in [3.8, 4) is 0 Å². The van der Waals surface area contributed by atoms with Gasteiger partial charge in [-0.1, -0.05) is 20.3 Å². The van der Waals surface area contributed by atoms with E-state index in [0.29, 0.717) is 37.7 Å². The van der Waals surface area contributed by atoms with Crippen LogP contribution in [0.1, 0.15) is 43.5 Å². The summed E-state index contributed by atoms with van der Waals surface area (Å²) in [4.78, 5) is 14.2. The van der Waals surface area contributed by atoms with E-state index in [9.17, 15) is 13.2 Å². The molecule has 2 saturated heterocycles. The molecule has 2 fully saturated rings. The molecule has 3 rings (SSSR count). The molecule has 0 saturated carbocycles. The van der Waals surface area contributed by atoms with Gasteiger partial charge in [0.05, 0.1) is 18.0 Å². The van der Waals surface area contributed by atoms with Crippen molar-refractivity contribution in [3.05, 3.63) is 29.8 Å². The van der Waals surface area contributed by atoms with E-state index in [4.69, 9.17) is 4.74 Å². The maximum absolute atomic E-state index is 12.7. The molecule has 7 nitrogen and oxygen atoms in total. The van der Waals surface area contributed by atoms with E-state index in [0.717, 1.165) is 38.9 Å². The minimum atomic E-state index is -3.47. The first-order valence-corrected chi connectivity index (χ1v) is 12.1. The van der Waals surface area contributed by atoms with Crippen LogP contribution in [0.2, 0.25) is 0 Å². The first kappa shape index (κ1) is 22.2. The lowest BCUT2D eigenvalue weighted by atomic mass is 10.1. The van der Waals surface area contributed by atoms with Gasteiger partial charge in [-0.3, -0.25) is 4.79 Å². The summed E-state index contributed by atoms with van der Waals surface area (Å²) in [6.07, 6.45) is 2.89. The van der Waals surface area contributed by atoms with E-state index in [-0.39, 0.29) is 16.9 Å². The van der Waals surface area contributed by atoms with Crippen LogP contribution < -0.4 is 10.2 Å². The van der Waals surface area contributed by atoms with Gasteiger partial charge in [0.1, 0.15) is 19.2 Å². The second-order valence-corrected chi connectivity index (χ2v) is 10.4. The van der Waals surface area contributed by atoms with Crippen LogP contribution in [0.15, 0.2) is 29.2 Å². The topological polar surface area (TPSA) is 80.1 Å². The Kier molecular flexibility index (Phi) is 7.67. The molecule has 8 heteroatoms. The molecule has 2 atom stereocenters. The summed E-state index contributed by atoms with van der Waals surface area (Å²) < 4.78 is 32.8. The number of sulfonamides is 1. The van der Waals surface area contributed by atoms with E-state index in [1.807, 2.05) is 0 Å². The third-order valence-corrected chi connectivity index (χ3v) is 7.49. The van der Waals surface area contributed by atoms with E-state index in [1.165, 1.54) is 21.3 Å². The first-order chi connectivity index (χ1) is 13.9. The Bertz CT molecular complexity index is 774. The zero-order chi connectivity index (χ0) is 20.9. The molecule has 0 aliphatic carbocycles. The maximum Gasteiger partial charge on any atom is 0.251 e. The molecule has 1 aromatic rings. The lowest BCUT2D eigenvalue weighted by Gasteiger charge is -2.31. The van der Waals surface area contributed by atoms with Gasteiger partial charge < -0.3 is 15.0 Å². The van der Waals surface area contributed by atoms with Gasteiger partial charge in [0.15, 0.2) is 0 Å². The number of carbonyl (C=O) groups is 1. The van der Waals surface area contributed by atoms with Gasteiger partial charge in [-0.2, -0.15) is 4.31 Å². The summed E-state index contributed by atoms with van der Waals surface area (Å²) in [6.45, 7) is 9.77. The predicted octanol–water partition coefficient (Wildman–Crippen LogP) is 0.531. The fraction of sp³-hybridized carbons (Fsp3) is 0.667. The molecule has 1 amide bonds. The number of piperidine rings is 1. The molecule has 2 aliphatic rings. The van der Waals surface area contributed by atoms with Crippen LogP contribution in [0.5, 0.6) is 0 Å². The van der Waals surface area contributed by atoms with Crippen molar-refractivity contribution in [2.45, 2.75) is 44.1 Å². The number of benzene rings is 1. The third kappa shape index (κ3) is 6.01. The van der Waals surface area contributed by atoms with Crippen molar-refractivity contribution in [1.29, 1.82) is 0 Å². The summed E-state index contributed by atoms with van der Waals surface area (Å²) in [7, 11) is -3.47. The van der Waals surface area contributed by atoms with Crippen LogP contribution in [0.4, 0.5) is 0 Å². The Hall–Kier alpha value is -1.48. The molecule has 2 heterocycles. The van der Waals surface area contributed by atoms with Crippen LogP contribution >= 0.6 is 0 Å². The third-order valence-electron chi connectivity index (χ3n) is 5.58. The number of quaternary nitrogens is 1. The zero-order valence-corrected chi connectivity index (χ0v) is 18.3. The quantitative estimate of drug-likeness (QED) is 0.669. The number of ether oxygens (including phenoxy) is 1. The molecule has 29 heavy (non-hydrogen) atoms. The normalized spacial score (nSPS) is 23.8. The smallest absolute Gasteiger partial charge is 0.251 e. The molecule has 1 unspecified atom stereocenters. The summed E-state index contributed by atoms with van der Waals surface area (Å²) in [5.41, 5.74) is 0.463. The number of amides is 1. The SMILES string of the molecule is CC(C)C[NH+]1CCO[C@H](CNC(=O)c2ccc(S(=O)(=O)N3CCCCC3)cc2)C1. The highest BCUT2D eigenvalue weighted by Crippen LogP contribution is 2.20. The van der Waals surface area contributed by atoms with Gasteiger partial charge in [-0.05, 0) is 37.1 Å². The standard InChI is InChI=1S/C21H33N3O4S/c1-17(2)15-23-12-13-28-19(16-23)14-22-21(25)18-6-8-20(9-7-18)29(26,27)24-10-4-3-5-11-24/h6-9,17,19H,3-5,10-16H2,1-2H3,(H,22,25)/p+1/t19-/m1/s1. The lowest BCUT2D eigenvalue weighted by molar-refractivity contribution is -0.914. The van der Waals surface area contributed by atoms with Gasteiger partial charge >= 0.3 is 0 Å². The number of hydrogen-bond acceptors (Lipinski definition) is 4. The summed E-state index contributed by atoms with van der Waals surface area (Å²) in [5.74, 6) is 0.435.